The van der Waals surface area contributed by atoms with Gasteiger partial charge in [0.25, 0.3) is 5.91 Å². The van der Waals surface area contributed by atoms with Crippen LogP contribution in [0.15, 0.2) is 66.1 Å². The maximum Gasteiger partial charge on any atom is 0.258 e. The van der Waals surface area contributed by atoms with Crippen molar-refractivity contribution in [3.05, 3.63) is 66.7 Å². The molecular formula is C21H27N3O5S. The molecule has 0 saturated heterocycles. The molecule has 2 N–H and O–H groups in total. The number of carbonyl (C=O) groups is 1. The number of nitrogens with one attached hydrogen (secondary N) is 1. The van der Waals surface area contributed by atoms with Gasteiger partial charge < -0.3 is 9.64 Å². The Kier molecular flexibility index (Phi) is 8.40. The summed E-state index contributed by atoms with van der Waals surface area (Å²) >= 11 is 0. The highest BCUT2D eigenvalue weighted by molar-refractivity contribution is 7.89. The smallest absolute Gasteiger partial charge is 0.258 e. The lowest BCUT2D eigenvalue weighted by Gasteiger charge is -2.22. The van der Waals surface area contributed by atoms with Crippen molar-refractivity contribution in [3.63, 3.8) is 0 Å². The molecule has 9 heteroatoms. The lowest BCUT2D eigenvalue weighted by molar-refractivity contribution is -0.129. The molecule has 0 atom stereocenters. The molecule has 0 spiro atoms. The fraction of sp³-hybridized carbons (Fsp3) is 0.286. The van der Waals surface area contributed by atoms with Gasteiger partial charge in [0.05, 0.1) is 18.0 Å². The second kappa shape index (κ2) is 10.8. The number of ether oxygens (including phenoxy) is 1. The molecule has 0 bridgehead atoms. The van der Waals surface area contributed by atoms with Crippen LogP contribution in [0.5, 0.6) is 5.75 Å². The predicted octanol–water partition coefficient (Wildman–Crippen LogP) is 2.40. The van der Waals surface area contributed by atoms with Crippen LogP contribution >= 0.6 is 0 Å². The van der Waals surface area contributed by atoms with Crippen molar-refractivity contribution < 1.29 is 23.2 Å². The monoisotopic (exact) mass is 433 g/mol. The van der Waals surface area contributed by atoms with E-state index in [9.17, 15) is 13.2 Å². The van der Waals surface area contributed by atoms with E-state index >= 15 is 0 Å². The number of nitrogens with zero attached hydrogens (tertiary/aromatic N) is 2. The first-order valence-corrected chi connectivity index (χ1v) is 10.7. The Labute approximate surface area is 177 Å². The highest BCUT2D eigenvalue weighted by atomic mass is 32.2. The minimum Gasteiger partial charge on any atom is -0.493 e. The normalized spacial score (nSPS) is 11.2. The number of hydrogen-bond donors (Lipinski definition) is 2. The number of benzene rings is 2. The van der Waals surface area contributed by atoms with Gasteiger partial charge in [-0.1, -0.05) is 18.2 Å². The van der Waals surface area contributed by atoms with E-state index in [1.54, 1.807) is 30.3 Å². The first-order valence-electron chi connectivity index (χ1n) is 9.31. The van der Waals surface area contributed by atoms with Crippen molar-refractivity contribution in [1.29, 1.82) is 0 Å². The molecule has 0 aliphatic carbocycles. The third-order valence-corrected chi connectivity index (χ3v) is 6.11. The number of carbonyl (C=O) groups excluding carboxylic acids is 1. The molecular weight excluding hydrogens is 406 g/mol. The van der Waals surface area contributed by atoms with Crippen LogP contribution < -0.4 is 15.1 Å². The van der Waals surface area contributed by atoms with Crippen LogP contribution in [0.4, 0.5) is 5.69 Å². The van der Waals surface area contributed by atoms with E-state index in [1.807, 2.05) is 31.1 Å². The van der Waals surface area contributed by atoms with Crippen molar-refractivity contribution >= 4 is 21.6 Å². The molecule has 0 heterocycles. The highest BCUT2D eigenvalue weighted by Crippen LogP contribution is 2.22. The molecule has 0 aromatic heterocycles. The molecule has 0 saturated carbocycles. The van der Waals surface area contributed by atoms with Crippen molar-refractivity contribution in [1.82, 2.24) is 9.79 Å². The second-order valence-electron chi connectivity index (χ2n) is 6.77. The van der Waals surface area contributed by atoms with Crippen LogP contribution in [-0.4, -0.2) is 51.1 Å². The van der Waals surface area contributed by atoms with Gasteiger partial charge in [0.1, 0.15) is 5.75 Å². The van der Waals surface area contributed by atoms with Crippen molar-refractivity contribution in [3.8, 4) is 5.75 Å². The predicted molar refractivity (Wildman–Crippen MR) is 115 cm³/mol. The summed E-state index contributed by atoms with van der Waals surface area (Å²) in [5.41, 5.74) is 3.16. The summed E-state index contributed by atoms with van der Waals surface area (Å²) in [7, 11) is -0.184. The average Bonchev–Trinajstić information content (AvgIpc) is 2.74. The Bertz CT molecular complexity index is 942. The Morgan fingerprint density at radius 3 is 2.30 bits per heavy atom. The zero-order valence-corrected chi connectivity index (χ0v) is 17.9. The Morgan fingerprint density at radius 2 is 1.77 bits per heavy atom. The zero-order chi connectivity index (χ0) is 22.1. The Balaban J connectivity index is 2.25. The summed E-state index contributed by atoms with van der Waals surface area (Å²) in [5, 5.41) is 8.87. The van der Waals surface area contributed by atoms with Crippen LogP contribution in [0.1, 0.15) is 12.0 Å². The SMILES string of the molecule is C=CCCOc1ccc(S(=O)(=O)N(CC(=O)NO)Cc2ccc(N(C)C)cc2)cc1. The molecule has 2 aromatic carbocycles. The van der Waals surface area contributed by atoms with E-state index in [2.05, 4.69) is 6.58 Å². The molecule has 2 aromatic rings. The van der Waals surface area contributed by atoms with Crippen LogP contribution in [-0.2, 0) is 21.4 Å². The molecule has 0 unspecified atom stereocenters. The topological polar surface area (TPSA) is 99.2 Å². The summed E-state index contributed by atoms with van der Waals surface area (Å²) < 4.78 is 32.8. The van der Waals surface area contributed by atoms with E-state index in [0.29, 0.717) is 24.3 Å². The molecule has 30 heavy (non-hydrogen) atoms. The minimum absolute atomic E-state index is 0.0224. The minimum atomic E-state index is -3.99. The molecule has 8 nitrogen and oxygen atoms in total. The molecule has 162 valence electrons. The van der Waals surface area contributed by atoms with Crippen LogP contribution in [0.2, 0.25) is 0 Å². The molecule has 2 rings (SSSR count). The fourth-order valence-corrected chi connectivity index (χ4v) is 4.03. The number of sulfonamides is 1. The lowest BCUT2D eigenvalue weighted by atomic mass is 10.2. The van der Waals surface area contributed by atoms with Gasteiger partial charge in [-0.15, -0.1) is 6.58 Å². The standard InChI is InChI=1S/C21H27N3O5S/c1-4-5-14-29-19-10-12-20(13-11-19)30(27,28)24(16-21(25)22-26)15-17-6-8-18(9-7-17)23(2)3/h4,6-13,26H,1,5,14-16H2,2-3H3,(H,22,25). The number of anilines is 1. The Morgan fingerprint density at radius 1 is 1.13 bits per heavy atom. The van der Waals surface area contributed by atoms with Gasteiger partial charge in [-0.3, -0.25) is 10.0 Å². The fourth-order valence-electron chi connectivity index (χ4n) is 2.64. The Hall–Kier alpha value is -2.88. The van der Waals surface area contributed by atoms with Gasteiger partial charge in [-0.25, -0.2) is 13.9 Å². The maximum absolute atomic E-state index is 13.1. The quantitative estimate of drug-likeness (QED) is 0.244. The number of hydrogen-bond acceptors (Lipinski definition) is 6. The van der Waals surface area contributed by atoms with Gasteiger partial charge >= 0.3 is 0 Å². The zero-order valence-electron chi connectivity index (χ0n) is 17.1. The van der Waals surface area contributed by atoms with Gasteiger partial charge in [0.2, 0.25) is 10.0 Å². The summed E-state index contributed by atoms with van der Waals surface area (Å²) in [4.78, 5) is 13.7. The molecule has 1 amide bonds. The average molecular weight is 434 g/mol. The van der Waals surface area contributed by atoms with Crippen molar-refractivity contribution in [2.75, 3.05) is 32.1 Å². The van der Waals surface area contributed by atoms with E-state index < -0.39 is 22.5 Å². The number of amides is 1. The summed E-state index contributed by atoms with van der Waals surface area (Å²) in [6.45, 7) is 3.52. The van der Waals surface area contributed by atoms with Crippen LogP contribution in [0.3, 0.4) is 0 Å². The summed E-state index contributed by atoms with van der Waals surface area (Å²) in [6.07, 6.45) is 2.41. The lowest BCUT2D eigenvalue weighted by Crippen LogP contribution is -2.39. The molecule has 0 aliphatic heterocycles. The van der Waals surface area contributed by atoms with Gasteiger partial charge in [0.15, 0.2) is 0 Å². The van der Waals surface area contributed by atoms with E-state index in [1.165, 1.54) is 17.6 Å². The van der Waals surface area contributed by atoms with E-state index in [-0.39, 0.29) is 11.4 Å². The number of hydroxylamine groups is 1. The largest absolute Gasteiger partial charge is 0.493 e. The number of rotatable bonds is 11. The van der Waals surface area contributed by atoms with E-state index in [0.717, 1.165) is 9.99 Å². The molecule has 0 radical (unpaired) electrons. The van der Waals surface area contributed by atoms with Gasteiger partial charge in [-0.2, -0.15) is 4.31 Å². The third kappa shape index (κ3) is 6.31. The van der Waals surface area contributed by atoms with E-state index in [4.69, 9.17) is 9.94 Å². The van der Waals surface area contributed by atoms with Crippen LogP contribution in [0.25, 0.3) is 0 Å². The first-order chi connectivity index (χ1) is 14.3. The summed E-state index contributed by atoms with van der Waals surface area (Å²) in [6, 6.07) is 13.3. The maximum atomic E-state index is 13.1. The van der Waals surface area contributed by atoms with Crippen molar-refractivity contribution in [2.45, 2.75) is 17.9 Å². The second-order valence-corrected chi connectivity index (χ2v) is 8.70. The van der Waals surface area contributed by atoms with Gasteiger partial charge in [-0.05, 0) is 48.4 Å². The summed E-state index contributed by atoms with van der Waals surface area (Å²) in [5.74, 6) is -0.289. The van der Waals surface area contributed by atoms with Gasteiger partial charge in [0, 0.05) is 26.3 Å². The van der Waals surface area contributed by atoms with Crippen molar-refractivity contribution in [2.24, 2.45) is 0 Å². The molecule has 0 fully saturated rings. The third-order valence-electron chi connectivity index (χ3n) is 4.31. The highest BCUT2D eigenvalue weighted by Gasteiger charge is 2.27. The first kappa shape index (κ1) is 23.4. The van der Waals surface area contributed by atoms with Crippen LogP contribution in [0, 0.1) is 0 Å². The molecule has 0 aliphatic rings.